The molecule has 0 bridgehead atoms. The van der Waals surface area contributed by atoms with Crippen molar-refractivity contribution < 1.29 is 42.5 Å². The van der Waals surface area contributed by atoms with Gasteiger partial charge in [0.1, 0.15) is 0 Å². The summed E-state index contributed by atoms with van der Waals surface area (Å²) in [5.74, 6) is 0. The second-order valence-corrected chi connectivity index (χ2v) is 4.28. The summed E-state index contributed by atoms with van der Waals surface area (Å²) in [5, 5.41) is 0. The molecule has 0 atom stereocenters. The van der Waals surface area contributed by atoms with E-state index < -0.39 is 10.3 Å². The predicted molar refractivity (Wildman–Crippen MR) is 51.5 cm³/mol. The standard InChI is InChI=1S/C7H9NO3S2.Na/c1-12-7-4-2-6(3-5-7)8-13(9,10)11;/h2-5,8H,1H3,(H,9,10,11);/q;+1/p-1. The zero-order valence-electron chi connectivity index (χ0n) is 7.85. The Balaban J connectivity index is 0.00000169. The van der Waals surface area contributed by atoms with E-state index in [-0.39, 0.29) is 35.2 Å². The van der Waals surface area contributed by atoms with Crippen molar-refractivity contribution in [3.8, 4) is 0 Å². The first-order valence-electron chi connectivity index (χ1n) is 3.39. The second-order valence-electron chi connectivity index (χ2n) is 2.28. The van der Waals surface area contributed by atoms with Crippen molar-refractivity contribution in [2.75, 3.05) is 11.0 Å². The van der Waals surface area contributed by atoms with Gasteiger partial charge in [-0.15, -0.1) is 11.8 Å². The Bertz CT molecular complexity index is 376. The third kappa shape index (κ3) is 5.23. The van der Waals surface area contributed by atoms with Gasteiger partial charge in [0.25, 0.3) is 0 Å². The molecule has 0 fully saturated rings. The Morgan fingerprint density at radius 2 is 1.79 bits per heavy atom. The minimum atomic E-state index is -4.40. The fraction of sp³-hybridized carbons (Fsp3) is 0.143. The monoisotopic (exact) mass is 241 g/mol. The van der Waals surface area contributed by atoms with Crippen LogP contribution < -0.4 is 34.3 Å². The average Bonchev–Trinajstić information content (AvgIpc) is 2.03. The van der Waals surface area contributed by atoms with Crippen LogP contribution in [-0.4, -0.2) is 19.2 Å². The summed E-state index contributed by atoms with van der Waals surface area (Å²) in [7, 11) is -4.40. The molecule has 0 saturated carbocycles. The Labute approximate surface area is 110 Å². The summed E-state index contributed by atoms with van der Waals surface area (Å²) >= 11 is 1.54. The summed E-state index contributed by atoms with van der Waals surface area (Å²) in [5.41, 5.74) is 0.285. The van der Waals surface area contributed by atoms with Crippen LogP contribution in [0.4, 0.5) is 5.69 Å². The molecule has 1 aromatic carbocycles. The van der Waals surface area contributed by atoms with E-state index in [1.807, 2.05) is 11.0 Å². The van der Waals surface area contributed by atoms with Crippen molar-refractivity contribution in [1.82, 2.24) is 0 Å². The van der Waals surface area contributed by atoms with Crippen LogP contribution in [0.25, 0.3) is 0 Å². The van der Waals surface area contributed by atoms with Crippen LogP contribution in [0, 0.1) is 0 Å². The molecule has 0 aliphatic heterocycles. The largest absolute Gasteiger partial charge is 1.00 e. The van der Waals surface area contributed by atoms with Crippen molar-refractivity contribution >= 4 is 27.8 Å². The van der Waals surface area contributed by atoms with E-state index in [9.17, 15) is 13.0 Å². The minimum Gasteiger partial charge on any atom is -0.731 e. The number of anilines is 1. The third-order valence-corrected chi connectivity index (χ3v) is 2.56. The van der Waals surface area contributed by atoms with Gasteiger partial charge in [-0.05, 0) is 30.5 Å². The van der Waals surface area contributed by atoms with Crippen molar-refractivity contribution in [3.63, 3.8) is 0 Å². The van der Waals surface area contributed by atoms with Crippen molar-refractivity contribution in [2.45, 2.75) is 4.90 Å². The van der Waals surface area contributed by atoms with Gasteiger partial charge in [0.2, 0.25) is 0 Å². The topological polar surface area (TPSA) is 69.2 Å². The van der Waals surface area contributed by atoms with Crippen molar-refractivity contribution in [3.05, 3.63) is 24.3 Å². The van der Waals surface area contributed by atoms with Crippen LogP contribution >= 0.6 is 11.8 Å². The molecule has 0 aromatic heterocycles. The molecule has 0 unspecified atom stereocenters. The Morgan fingerprint density at radius 1 is 1.29 bits per heavy atom. The average molecular weight is 241 g/mol. The molecule has 0 aliphatic carbocycles. The molecular formula is C7H8NNaO3S2. The van der Waals surface area contributed by atoms with E-state index in [0.717, 1.165) is 4.90 Å². The third-order valence-electron chi connectivity index (χ3n) is 1.33. The smallest absolute Gasteiger partial charge is 0.731 e. The van der Waals surface area contributed by atoms with Crippen LogP contribution in [0.5, 0.6) is 0 Å². The summed E-state index contributed by atoms with van der Waals surface area (Å²) in [6, 6.07) is 6.55. The molecule has 1 rings (SSSR count). The van der Waals surface area contributed by atoms with E-state index in [4.69, 9.17) is 0 Å². The van der Waals surface area contributed by atoms with Gasteiger partial charge >= 0.3 is 29.6 Å². The van der Waals surface area contributed by atoms with Crippen molar-refractivity contribution in [1.29, 1.82) is 0 Å². The fourth-order valence-electron chi connectivity index (χ4n) is 0.803. The van der Waals surface area contributed by atoms with Gasteiger partial charge in [-0.1, -0.05) is 0 Å². The molecule has 0 spiro atoms. The van der Waals surface area contributed by atoms with Crippen molar-refractivity contribution in [2.24, 2.45) is 0 Å². The Kier molecular flexibility index (Phi) is 6.11. The van der Waals surface area contributed by atoms with Gasteiger partial charge in [-0.3, -0.25) is 4.72 Å². The maximum absolute atomic E-state index is 10.3. The molecule has 4 nitrogen and oxygen atoms in total. The molecule has 14 heavy (non-hydrogen) atoms. The normalized spacial score (nSPS) is 10.4. The Hall–Kier alpha value is 0.280. The molecule has 1 N–H and O–H groups in total. The molecule has 72 valence electrons. The SMILES string of the molecule is CSc1ccc(NS(=O)(=O)[O-])cc1.[Na+]. The minimum absolute atomic E-state index is 0. The quantitative estimate of drug-likeness (QED) is 0.388. The molecule has 7 heteroatoms. The summed E-state index contributed by atoms with van der Waals surface area (Å²) in [4.78, 5) is 1.01. The van der Waals surface area contributed by atoms with Crippen LogP contribution in [0.3, 0.4) is 0 Å². The van der Waals surface area contributed by atoms with E-state index in [2.05, 4.69) is 0 Å². The van der Waals surface area contributed by atoms with E-state index in [1.54, 1.807) is 36.0 Å². The molecule has 0 heterocycles. The van der Waals surface area contributed by atoms with Crippen LogP contribution in [0.15, 0.2) is 29.2 Å². The van der Waals surface area contributed by atoms with Gasteiger partial charge < -0.3 is 4.55 Å². The maximum atomic E-state index is 10.3. The first kappa shape index (κ1) is 14.3. The molecule has 0 aliphatic rings. The summed E-state index contributed by atoms with van der Waals surface area (Å²) in [6.07, 6.45) is 1.91. The number of thioether (sulfide) groups is 1. The number of hydrogen-bond acceptors (Lipinski definition) is 4. The van der Waals surface area contributed by atoms with Gasteiger partial charge in [0.05, 0.1) is 0 Å². The fourth-order valence-corrected chi connectivity index (χ4v) is 1.64. The number of hydrogen-bond donors (Lipinski definition) is 1. The zero-order chi connectivity index (χ0) is 9.90. The van der Waals surface area contributed by atoms with E-state index >= 15 is 0 Å². The maximum Gasteiger partial charge on any atom is 1.00 e. The first-order chi connectivity index (χ1) is 6.01. The van der Waals surface area contributed by atoms with Crippen LogP contribution in [-0.2, 0) is 10.3 Å². The summed E-state index contributed by atoms with van der Waals surface area (Å²) < 4.78 is 32.7. The van der Waals surface area contributed by atoms with Gasteiger partial charge in [0.15, 0.2) is 10.3 Å². The second kappa shape index (κ2) is 5.99. The molecule has 0 radical (unpaired) electrons. The molecular weight excluding hydrogens is 233 g/mol. The summed E-state index contributed by atoms with van der Waals surface area (Å²) in [6.45, 7) is 0. The number of benzene rings is 1. The zero-order valence-corrected chi connectivity index (χ0v) is 11.5. The Morgan fingerprint density at radius 3 is 2.14 bits per heavy atom. The first-order valence-corrected chi connectivity index (χ1v) is 6.02. The van der Waals surface area contributed by atoms with Gasteiger partial charge in [-0.25, -0.2) is 8.42 Å². The number of rotatable bonds is 3. The molecule has 0 saturated heterocycles. The molecule has 1 aromatic rings. The van der Waals surface area contributed by atoms with Gasteiger partial charge in [0, 0.05) is 10.6 Å². The van der Waals surface area contributed by atoms with Gasteiger partial charge in [-0.2, -0.15) is 0 Å². The van der Waals surface area contributed by atoms with E-state index in [0.29, 0.717) is 0 Å². The van der Waals surface area contributed by atoms with Crippen LogP contribution in [0.1, 0.15) is 0 Å². The van der Waals surface area contributed by atoms with E-state index in [1.165, 1.54) is 0 Å². The van der Waals surface area contributed by atoms with Crippen LogP contribution in [0.2, 0.25) is 0 Å². The number of nitrogens with one attached hydrogen (secondary N) is 1. The molecule has 0 amide bonds. The predicted octanol–water partition coefficient (Wildman–Crippen LogP) is -1.72.